The highest BCUT2D eigenvalue weighted by Gasteiger charge is 2.17. The van der Waals surface area contributed by atoms with Gasteiger partial charge < -0.3 is 15.3 Å². The third kappa shape index (κ3) is 4.05. The second kappa shape index (κ2) is 6.73. The van der Waals surface area contributed by atoms with Crippen LogP contribution in [0.2, 0.25) is 0 Å². The van der Waals surface area contributed by atoms with Crippen LogP contribution in [0.25, 0.3) is 0 Å². The molecule has 5 nitrogen and oxygen atoms in total. The fourth-order valence-corrected chi connectivity index (χ4v) is 3.05. The van der Waals surface area contributed by atoms with Crippen molar-refractivity contribution >= 4 is 44.8 Å². The van der Waals surface area contributed by atoms with E-state index < -0.39 is 0 Å². The van der Waals surface area contributed by atoms with E-state index >= 15 is 0 Å². The molecule has 0 spiro atoms. The summed E-state index contributed by atoms with van der Waals surface area (Å²) in [5.41, 5.74) is 0.321. The smallest absolute Gasteiger partial charge is 0.264 e. The van der Waals surface area contributed by atoms with Crippen LogP contribution < -0.4 is 5.32 Å². The normalized spacial score (nSPS) is 10.2. The Bertz CT molecular complexity index is 672. The average molecular weight is 369 g/mol. The maximum atomic E-state index is 12.1. The van der Waals surface area contributed by atoms with Crippen molar-refractivity contribution in [2.75, 3.05) is 18.9 Å². The molecule has 0 atom stereocenters. The minimum Gasteiger partial charge on any atom is -0.506 e. The highest BCUT2D eigenvalue weighted by molar-refractivity contribution is 9.11. The van der Waals surface area contributed by atoms with E-state index in [1.807, 2.05) is 0 Å². The Hall–Kier alpha value is -1.86. The van der Waals surface area contributed by atoms with Crippen LogP contribution in [0.5, 0.6) is 5.75 Å². The highest BCUT2D eigenvalue weighted by Crippen LogP contribution is 2.23. The van der Waals surface area contributed by atoms with Gasteiger partial charge in [-0.25, -0.2) is 0 Å². The number of halogens is 1. The number of rotatable bonds is 4. The second-order valence-electron chi connectivity index (χ2n) is 4.33. The first kappa shape index (κ1) is 15.5. The Labute approximate surface area is 134 Å². The van der Waals surface area contributed by atoms with Gasteiger partial charge in [-0.2, -0.15) is 0 Å². The Morgan fingerprint density at radius 3 is 2.62 bits per heavy atom. The molecular formula is C14H13BrN2O3S. The van der Waals surface area contributed by atoms with Gasteiger partial charge in [0, 0.05) is 7.05 Å². The first-order valence-corrected chi connectivity index (χ1v) is 7.67. The summed E-state index contributed by atoms with van der Waals surface area (Å²) in [4.78, 5) is 25.9. The predicted molar refractivity (Wildman–Crippen MR) is 85.7 cm³/mol. The van der Waals surface area contributed by atoms with Crippen LogP contribution in [-0.2, 0) is 4.79 Å². The molecule has 0 aliphatic heterocycles. The summed E-state index contributed by atoms with van der Waals surface area (Å²) >= 11 is 4.60. The SMILES string of the molecule is CN(CC(=O)Nc1ccccc1O)C(=O)c1ccc(Br)s1. The van der Waals surface area contributed by atoms with Crippen LogP contribution in [0.1, 0.15) is 9.67 Å². The van der Waals surface area contributed by atoms with Crippen LogP contribution >= 0.6 is 27.3 Å². The summed E-state index contributed by atoms with van der Waals surface area (Å²) in [6.07, 6.45) is 0. The van der Waals surface area contributed by atoms with Crippen molar-refractivity contribution in [3.8, 4) is 5.75 Å². The van der Waals surface area contributed by atoms with Crippen molar-refractivity contribution in [3.63, 3.8) is 0 Å². The number of hydrogen-bond acceptors (Lipinski definition) is 4. The number of likely N-dealkylation sites (N-methyl/N-ethyl adjacent to an activating group) is 1. The summed E-state index contributed by atoms with van der Waals surface area (Å²) in [5.74, 6) is -0.608. The summed E-state index contributed by atoms with van der Waals surface area (Å²) in [5, 5.41) is 12.1. The second-order valence-corrected chi connectivity index (χ2v) is 6.79. The fraction of sp³-hybridized carbons (Fsp3) is 0.143. The molecule has 110 valence electrons. The van der Waals surface area contributed by atoms with E-state index in [0.717, 1.165) is 3.79 Å². The van der Waals surface area contributed by atoms with Crippen LogP contribution in [0, 0.1) is 0 Å². The van der Waals surface area contributed by atoms with Gasteiger partial charge in [-0.1, -0.05) is 12.1 Å². The molecule has 2 N–H and O–H groups in total. The molecule has 1 heterocycles. The molecule has 2 amide bonds. The van der Waals surface area contributed by atoms with Crippen LogP contribution in [0.4, 0.5) is 5.69 Å². The minimum atomic E-state index is -0.372. The van der Waals surface area contributed by atoms with Crippen LogP contribution in [0.3, 0.4) is 0 Å². The lowest BCUT2D eigenvalue weighted by Gasteiger charge is -2.16. The van der Waals surface area contributed by atoms with Crippen molar-refractivity contribution in [1.82, 2.24) is 4.90 Å². The third-order valence-corrected chi connectivity index (χ3v) is 4.30. The van der Waals surface area contributed by atoms with Crippen molar-refractivity contribution < 1.29 is 14.7 Å². The molecule has 1 aromatic carbocycles. The maximum Gasteiger partial charge on any atom is 0.264 e. The van der Waals surface area contributed by atoms with Crippen LogP contribution in [-0.4, -0.2) is 35.4 Å². The van der Waals surface area contributed by atoms with Crippen molar-refractivity contribution in [3.05, 3.63) is 45.1 Å². The molecular weight excluding hydrogens is 356 g/mol. The lowest BCUT2D eigenvalue weighted by molar-refractivity contribution is -0.116. The Balaban J connectivity index is 1.96. The van der Waals surface area contributed by atoms with Gasteiger partial charge in [0.1, 0.15) is 5.75 Å². The number of nitrogens with one attached hydrogen (secondary N) is 1. The zero-order valence-electron chi connectivity index (χ0n) is 11.2. The molecule has 2 rings (SSSR count). The standard InChI is InChI=1S/C14H13BrN2O3S/c1-17(14(20)11-6-7-12(15)21-11)8-13(19)16-9-4-2-3-5-10(9)18/h2-7,18H,8H2,1H3,(H,16,19). The maximum absolute atomic E-state index is 12.1. The van der Waals surface area contributed by atoms with Crippen molar-refractivity contribution in [2.45, 2.75) is 0 Å². The number of para-hydroxylation sites is 2. The molecule has 2 aromatic rings. The highest BCUT2D eigenvalue weighted by atomic mass is 79.9. The number of benzene rings is 1. The molecule has 0 aliphatic rings. The topological polar surface area (TPSA) is 69.6 Å². The number of phenolic OH excluding ortho intramolecular Hbond substituents is 1. The molecule has 7 heteroatoms. The molecule has 0 fully saturated rings. The molecule has 0 radical (unpaired) electrons. The van der Waals surface area contributed by atoms with Gasteiger partial charge >= 0.3 is 0 Å². The quantitative estimate of drug-likeness (QED) is 0.815. The average Bonchev–Trinajstić information content (AvgIpc) is 2.87. The van der Waals surface area contributed by atoms with Gasteiger partial charge in [0.2, 0.25) is 5.91 Å². The number of carbonyl (C=O) groups is 2. The minimum absolute atomic E-state index is 0.0120. The molecule has 0 aliphatic carbocycles. The van der Waals surface area contributed by atoms with Gasteiger partial charge in [0.05, 0.1) is 20.9 Å². The number of carbonyl (C=O) groups excluding carboxylic acids is 2. The molecule has 21 heavy (non-hydrogen) atoms. The Morgan fingerprint density at radius 2 is 2.00 bits per heavy atom. The van der Waals surface area contributed by atoms with E-state index in [2.05, 4.69) is 21.2 Å². The summed E-state index contributed by atoms with van der Waals surface area (Å²) in [6, 6.07) is 9.92. The summed E-state index contributed by atoms with van der Waals surface area (Å²) in [7, 11) is 1.56. The largest absolute Gasteiger partial charge is 0.506 e. The molecule has 1 aromatic heterocycles. The number of thiophene rings is 1. The van der Waals surface area contributed by atoms with Crippen molar-refractivity contribution in [2.24, 2.45) is 0 Å². The van der Waals surface area contributed by atoms with Gasteiger partial charge in [-0.15, -0.1) is 11.3 Å². The third-order valence-electron chi connectivity index (χ3n) is 2.69. The summed E-state index contributed by atoms with van der Waals surface area (Å²) < 4.78 is 0.859. The van der Waals surface area contributed by atoms with E-state index in [4.69, 9.17) is 0 Å². The van der Waals surface area contributed by atoms with Crippen molar-refractivity contribution in [1.29, 1.82) is 0 Å². The first-order chi connectivity index (χ1) is 9.97. The van der Waals surface area contributed by atoms with E-state index in [0.29, 0.717) is 10.6 Å². The van der Waals surface area contributed by atoms with Gasteiger partial charge in [0.15, 0.2) is 0 Å². The lowest BCUT2D eigenvalue weighted by Crippen LogP contribution is -2.34. The van der Waals surface area contributed by atoms with Gasteiger partial charge in [-0.3, -0.25) is 9.59 Å². The van der Waals surface area contributed by atoms with Crippen LogP contribution in [0.15, 0.2) is 40.2 Å². The molecule has 0 saturated carbocycles. The predicted octanol–water partition coefficient (Wildman–Crippen LogP) is 2.93. The zero-order chi connectivity index (χ0) is 15.4. The van der Waals surface area contributed by atoms with E-state index in [1.54, 1.807) is 37.4 Å². The number of aromatic hydroxyl groups is 1. The molecule has 0 bridgehead atoms. The Kier molecular flexibility index (Phi) is 4.98. The number of anilines is 1. The molecule has 0 unspecified atom stereocenters. The number of nitrogens with zero attached hydrogens (tertiary/aromatic N) is 1. The van der Waals surface area contributed by atoms with E-state index in [1.165, 1.54) is 22.3 Å². The van der Waals surface area contributed by atoms with Gasteiger partial charge in [0.25, 0.3) is 5.91 Å². The lowest BCUT2D eigenvalue weighted by atomic mass is 10.3. The Morgan fingerprint density at radius 1 is 1.29 bits per heavy atom. The van der Waals surface area contributed by atoms with Gasteiger partial charge in [-0.05, 0) is 40.2 Å². The van der Waals surface area contributed by atoms with E-state index in [-0.39, 0.29) is 24.1 Å². The van der Waals surface area contributed by atoms with E-state index in [9.17, 15) is 14.7 Å². The molecule has 0 saturated heterocycles. The number of hydrogen-bond donors (Lipinski definition) is 2. The number of amides is 2. The number of phenols is 1. The fourth-order valence-electron chi connectivity index (χ4n) is 1.67. The monoisotopic (exact) mass is 368 g/mol. The summed E-state index contributed by atoms with van der Waals surface area (Å²) in [6.45, 7) is -0.0946. The first-order valence-electron chi connectivity index (χ1n) is 6.06. The zero-order valence-corrected chi connectivity index (χ0v) is 13.6.